The Morgan fingerprint density at radius 1 is 1.16 bits per heavy atom. The van der Waals surface area contributed by atoms with Gasteiger partial charge in [-0.3, -0.25) is 9.59 Å². The lowest BCUT2D eigenvalue weighted by Crippen LogP contribution is -2.45. The van der Waals surface area contributed by atoms with E-state index in [0.29, 0.717) is 5.56 Å². The van der Waals surface area contributed by atoms with Crippen LogP contribution in [0, 0.1) is 0 Å². The molecule has 1 aliphatic carbocycles. The molecule has 2 amide bonds. The van der Waals surface area contributed by atoms with E-state index in [0.717, 1.165) is 21.6 Å². The Morgan fingerprint density at radius 3 is 2.59 bits per heavy atom. The van der Waals surface area contributed by atoms with Gasteiger partial charge in [0.05, 0.1) is 12.6 Å². The Hall–Kier alpha value is -3.33. The zero-order valence-electron chi connectivity index (χ0n) is 17.3. The Kier molecular flexibility index (Phi) is 5.92. The number of amides is 2. The van der Waals surface area contributed by atoms with Crippen LogP contribution < -0.4 is 5.32 Å². The highest BCUT2D eigenvalue weighted by atomic mass is 19.3. The summed E-state index contributed by atoms with van der Waals surface area (Å²) in [6.45, 7) is -1.72. The van der Waals surface area contributed by atoms with Crippen molar-refractivity contribution in [3.8, 4) is 11.1 Å². The summed E-state index contributed by atoms with van der Waals surface area (Å²) in [6, 6.07) is 12.1. The van der Waals surface area contributed by atoms with Crippen LogP contribution >= 0.6 is 0 Å². The van der Waals surface area contributed by atoms with Crippen molar-refractivity contribution < 1.29 is 33.0 Å². The third-order valence-electron chi connectivity index (χ3n) is 6.06. The molecule has 2 aromatic rings. The number of carboxylic acid groups (broad SMARTS) is 1. The highest BCUT2D eigenvalue weighted by molar-refractivity contribution is 5.98. The number of hydrogen-bond acceptors (Lipinski definition) is 4. The molecule has 7 nitrogen and oxygen atoms in total. The summed E-state index contributed by atoms with van der Waals surface area (Å²) in [5.74, 6) is -2.33. The molecule has 0 saturated carbocycles. The fourth-order valence-corrected chi connectivity index (χ4v) is 4.51. The van der Waals surface area contributed by atoms with E-state index in [4.69, 9.17) is 0 Å². The van der Waals surface area contributed by atoms with Crippen LogP contribution in [-0.2, 0) is 14.3 Å². The zero-order chi connectivity index (χ0) is 23.0. The van der Waals surface area contributed by atoms with E-state index < -0.39 is 43.1 Å². The summed E-state index contributed by atoms with van der Waals surface area (Å²) in [7, 11) is 0. The highest BCUT2D eigenvalue weighted by Gasteiger charge is 2.41. The smallest absolute Gasteiger partial charge is 0.345 e. The predicted octanol–water partition coefficient (Wildman–Crippen LogP) is 2.84. The van der Waals surface area contributed by atoms with Crippen LogP contribution in [-0.4, -0.2) is 59.6 Å². The molecule has 1 heterocycles. The first-order valence-electron chi connectivity index (χ1n) is 10.2. The van der Waals surface area contributed by atoms with E-state index in [1.807, 2.05) is 24.3 Å². The van der Waals surface area contributed by atoms with E-state index in [-0.39, 0.29) is 18.9 Å². The first-order chi connectivity index (χ1) is 15.3. The van der Waals surface area contributed by atoms with Gasteiger partial charge in [-0.05, 0) is 34.4 Å². The van der Waals surface area contributed by atoms with E-state index in [2.05, 4.69) is 23.0 Å². The van der Waals surface area contributed by atoms with Crippen molar-refractivity contribution in [2.75, 3.05) is 13.1 Å². The van der Waals surface area contributed by atoms with Gasteiger partial charge in [0.15, 0.2) is 0 Å². The molecule has 4 rings (SSSR count). The number of carbonyl (C=O) groups is 3. The SMILES string of the molecule is CC1c2ccccc2-c2ccc(C(=O)NCC(=O)N3C[C@H](OC(F)F)C[C@H]3C(=O)O)cc21. The van der Waals surface area contributed by atoms with Crippen LogP contribution in [0.3, 0.4) is 0 Å². The standard InChI is InChI=1S/C23H22F2N2O5/c1-12-15-4-2-3-5-16(15)17-7-6-13(8-18(12)17)21(29)26-10-20(28)27-11-14(32-23(24)25)9-19(27)22(30)31/h2-8,12,14,19,23H,9-11H2,1H3,(H,26,29)(H,30,31)/t12?,14-,19+/m1/s1. The minimum absolute atomic E-state index is 0.128. The van der Waals surface area contributed by atoms with E-state index in [9.17, 15) is 28.3 Å². The predicted molar refractivity (Wildman–Crippen MR) is 110 cm³/mol. The van der Waals surface area contributed by atoms with Gasteiger partial charge in [-0.25, -0.2) is 4.79 Å². The van der Waals surface area contributed by atoms with Crippen LogP contribution in [0.4, 0.5) is 8.78 Å². The fourth-order valence-electron chi connectivity index (χ4n) is 4.51. The Bertz CT molecular complexity index is 1070. The molecule has 1 unspecified atom stereocenters. The number of carboxylic acids is 1. The molecule has 168 valence electrons. The number of nitrogens with one attached hydrogen (secondary N) is 1. The van der Waals surface area contributed by atoms with Gasteiger partial charge in [0, 0.05) is 24.4 Å². The van der Waals surface area contributed by atoms with Crippen molar-refractivity contribution in [2.45, 2.75) is 38.0 Å². The number of carbonyl (C=O) groups excluding carboxylic acids is 2. The number of benzene rings is 2. The average Bonchev–Trinajstić information content (AvgIpc) is 3.31. The monoisotopic (exact) mass is 444 g/mol. The summed E-state index contributed by atoms with van der Waals surface area (Å²) in [6.07, 6.45) is -1.31. The maximum absolute atomic E-state index is 12.6. The summed E-state index contributed by atoms with van der Waals surface area (Å²) < 4.78 is 29.3. The number of nitrogens with zero attached hydrogens (tertiary/aromatic N) is 1. The molecule has 9 heteroatoms. The van der Waals surface area contributed by atoms with E-state index in [1.54, 1.807) is 12.1 Å². The number of likely N-dealkylation sites (tertiary alicyclic amines) is 1. The number of rotatable bonds is 6. The average molecular weight is 444 g/mol. The van der Waals surface area contributed by atoms with Crippen LogP contribution in [0.1, 0.15) is 40.7 Å². The van der Waals surface area contributed by atoms with E-state index in [1.165, 1.54) is 5.56 Å². The topological polar surface area (TPSA) is 95.9 Å². The van der Waals surface area contributed by atoms with Crippen molar-refractivity contribution in [1.29, 1.82) is 0 Å². The number of ether oxygens (including phenoxy) is 1. The van der Waals surface area contributed by atoms with Crippen LogP contribution in [0.25, 0.3) is 11.1 Å². The summed E-state index contributed by atoms with van der Waals surface area (Å²) in [5, 5.41) is 11.8. The molecule has 1 fully saturated rings. The highest BCUT2D eigenvalue weighted by Crippen LogP contribution is 2.44. The minimum atomic E-state index is -3.06. The molecule has 1 saturated heterocycles. The zero-order valence-corrected chi connectivity index (χ0v) is 17.3. The lowest BCUT2D eigenvalue weighted by Gasteiger charge is -2.21. The van der Waals surface area contributed by atoms with Gasteiger partial charge in [0.1, 0.15) is 6.04 Å². The largest absolute Gasteiger partial charge is 0.480 e. The molecule has 0 aromatic heterocycles. The molecular formula is C23H22F2N2O5. The molecule has 2 aliphatic rings. The number of alkyl halides is 2. The van der Waals surface area contributed by atoms with Crippen molar-refractivity contribution in [3.05, 3.63) is 59.2 Å². The van der Waals surface area contributed by atoms with Gasteiger partial charge >= 0.3 is 12.6 Å². The molecule has 1 aliphatic heterocycles. The van der Waals surface area contributed by atoms with E-state index >= 15 is 0 Å². The van der Waals surface area contributed by atoms with Gasteiger partial charge < -0.3 is 20.1 Å². The van der Waals surface area contributed by atoms with Crippen molar-refractivity contribution in [2.24, 2.45) is 0 Å². The molecule has 2 N–H and O–H groups in total. The molecule has 3 atom stereocenters. The fraction of sp³-hybridized carbons (Fsp3) is 0.348. The Balaban J connectivity index is 1.42. The maximum atomic E-state index is 12.6. The molecule has 32 heavy (non-hydrogen) atoms. The van der Waals surface area contributed by atoms with Crippen LogP contribution in [0.2, 0.25) is 0 Å². The van der Waals surface area contributed by atoms with Crippen molar-refractivity contribution in [1.82, 2.24) is 10.2 Å². The second-order valence-corrected chi connectivity index (χ2v) is 7.95. The third-order valence-corrected chi connectivity index (χ3v) is 6.06. The summed E-state index contributed by atoms with van der Waals surface area (Å²) in [5.41, 5.74) is 4.78. The van der Waals surface area contributed by atoms with Crippen molar-refractivity contribution >= 4 is 17.8 Å². The van der Waals surface area contributed by atoms with Gasteiger partial charge in [-0.2, -0.15) is 8.78 Å². The van der Waals surface area contributed by atoms with Gasteiger partial charge in [0.2, 0.25) is 5.91 Å². The van der Waals surface area contributed by atoms with Crippen molar-refractivity contribution in [3.63, 3.8) is 0 Å². The Morgan fingerprint density at radius 2 is 1.88 bits per heavy atom. The van der Waals surface area contributed by atoms with Gasteiger partial charge in [-0.15, -0.1) is 0 Å². The number of fused-ring (bicyclic) bond motifs is 3. The quantitative estimate of drug-likeness (QED) is 0.715. The van der Waals surface area contributed by atoms with Gasteiger partial charge in [0.25, 0.3) is 5.91 Å². The molecule has 2 aromatic carbocycles. The van der Waals surface area contributed by atoms with Crippen LogP contribution in [0.5, 0.6) is 0 Å². The summed E-state index contributed by atoms with van der Waals surface area (Å²) in [4.78, 5) is 37.5. The third kappa shape index (κ3) is 4.08. The summed E-state index contributed by atoms with van der Waals surface area (Å²) >= 11 is 0. The second kappa shape index (κ2) is 8.66. The normalized spacial score (nSPS) is 21.4. The maximum Gasteiger partial charge on any atom is 0.345 e. The first-order valence-corrected chi connectivity index (χ1v) is 10.2. The molecule has 0 bridgehead atoms. The number of halogens is 2. The number of aliphatic carboxylic acids is 1. The Labute approximate surface area is 183 Å². The lowest BCUT2D eigenvalue weighted by molar-refractivity contribution is -0.160. The number of hydrogen-bond donors (Lipinski definition) is 2. The lowest BCUT2D eigenvalue weighted by atomic mass is 9.97. The van der Waals surface area contributed by atoms with Gasteiger partial charge in [-0.1, -0.05) is 37.3 Å². The molecular weight excluding hydrogens is 422 g/mol. The molecule has 0 spiro atoms. The van der Waals surface area contributed by atoms with Crippen LogP contribution in [0.15, 0.2) is 42.5 Å². The molecule has 0 radical (unpaired) electrons. The first kappa shape index (κ1) is 21.9. The second-order valence-electron chi connectivity index (χ2n) is 7.95. The minimum Gasteiger partial charge on any atom is -0.480 e.